The van der Waals surface area contributed by atoms with Crippen LogP contribution in [-0.2, 0) is 5.60 Å². The summed E-state index contributed by atoms with van der Waals surface area (Å²) in [7, 11) is 0. The summed E-state index contributed by atoms with van der Waals surface area (Å²) in [5.74, 6) is -0.0569. The zero-order valence-corrected chi connectivity index (χ0v) is 14.5. The Morgan fingerprint density at radius 3 is 2.04 bits per heavy atom. The lowest BCUT2D eigenvalue weighted by Crippen LogP contribution is -2.36. The predicted molar refractivity (Wildman–Crippen MR) is 102 cm³/mol. The van der Waals surface area contributed by atoms with Gasteiger partial charge in [0.05, 0.1) is 0 Å². The molecular weight excluding hydrogens is 314 g/mol. The van der Waals surface area contributed by atoms with Crippen LogP contribution in [0.25, 0.3) is 0 Å². The van der Waals surface area contributed by atoms with Crippen LogP contribution in [0.4, 0.5) is 0 Å². The van der Waals surface area contributed by atoms with Crippen molar-refractivity contribution in [2.75, 3.05) is 6.54 Å². The minimum atomic E-state index is -1.06. The first-order valence-corrected chi connectivity index (χ1v) is 8.96. The summed E-state index contributed by atoms with van der Waals surface area (Å²) in [5, 5.41) is 13.6. The molecule has 2 aromatic carbocycles. The Hall–Kier alpha value is -2.23. The molecule has 3 heteroatoms. The molecule has 2 nitrogen and oxygen atoms in total. The molecule has 0 spiro atoms. The highest BCUT2D eigenvalue weighted by molar-refractivity contribution is 7.11. The van der Waals surface area contributed by atoms with E-state index in [9.17, 15) is 5.11 Å². The van der Waals surface area contributed by atoms with Crippen molar-refractivity contribution in [1.82, 2.24) is 0 Å². The predicted octanol–water partition coefficient (Wildman–Crippen LogP) is 4.74. The van der Waals surface area contributed by atoms with Crippen molar-refractivity contribution >= 4 is 17.6 Å². The lowest BCUT2D eigenvalue weighted by Gasteiger charge is -2.34. The van der Waals surface area contributed by atoms with Crippen LogP contribution in [0.3, 0.4) is 0 Å². The van der Waals surface area contributed by atoms with Crippen molar-refractivity contribution in [2.24, 2.45) is 10.9 Å². The molecule has 1 atom stereocenters. The first-order chi connectivity index (χ1) is 11.7. The van der Waals surface area contributed by atoms with Gasteiger partial charge in [0.25, 0.3) is 0 Å². The maximum absolute atomic E-state index is 11.6. The van der Waals surface area contributed by atoms with Gasteiger partial charge in [0, 0.05) is 23.6 Å². The summed E-state index contributed by atoms with van der Waals surface area (Å²) in [4.78, 5) is 5.69. The summed E-state index contributed by atoms with van der Waals surface area (Å²) in [5.41, 5.74) is 0.736. The van der Waals surface area contributed by atoms with E-state index in [-0.39, 0.29) is 5.92 Å². The van der Waals surface area contributed by atoms with Gasteiger partial charge in [-0.05, 0) is 22.6 Å². The molecule has 0 aliphatic rings. The molecule has 122 valence electrons. The van der Waals surface area contributed by atoms with E-state index in [1.165, 1.54) is 0 Å². The third kappa shape index (κ3) is 3.48. The minimum Gasteiger partial charge on any atom is -0.380 e. The van der Waals surface area contributed by atoms with E-state index < -0.39 is 5.60 Å². The van der Waals surface area contributed by atoms with Gasteiger partial charge in [0.1, 0.15) is 5.60 Å². The van der Waals surface area contributed by atoms with Crippen LogP contribution in [0.1, 0.15) is 22.9 Å². The Kier molecular flexibility index (Phi) is 5.24. The standard InChI is InChI=1S/C21H21NOS/c1-17(15-22-16-20-13-8-14-24-20)21(23,18-9-4-2-5-10-18)19-11-6-3-7-12-19/h2-14,16-17,23H,15H2,1H3. The highest BCUT2D eigenvalue weighted by Crippen LogP contribution is 2.36. The number of benzene rings is 2. The largest absolute Gasteiger partial charge is 0.380 e. The third-order valence-electron chi connectivity index (χ3n) is 4.28. The van der Waals surface area contributed by atoms with E-state index in [0.29, 0.717) is 6.54 Å². The molecule has 3 rings (SSSR count). The molecule has 0 aliphatic carbocycles. The molecule has 1 N–H and O–H groups in total. The average molecular weight is 335 g/mol. The van der Waals surface area contributed by atoms with Crippen LogP contribution in [0.2, 0.25) is 0 Å². The molecule has 24 heavy (non-hydrogen) atoms. The van der Waals surface area contributed by atoms with Gasteiger partial charge in [-0.3, -0.25) is 4.99 Å². The molecule has 1 aromatic heterocycles. The molecule has 0 radical (unpaired) electrons. The molecule has 1 unspecified atom stereocenters. The fraction of sp³-hybridized carbons (Fsp3) is 0.190. The Labute approximate surface area is 147 Å². The van der Waals surface area contributed by atoms with Gasteiger partial charge >= 0.3 is 0 Å². The zero-order chi connectivity index (χ0) is 16.8. The first kappa shape index (κ1) is 16.6. The number of thiophene rings is 1. The van der Waals surface area contributed by atoms with Gasteiger partial charge < -0.3 is 5.11 Å². The second-order valence-corrected chi connectivity index (χ2v) is 6.89. The van der Waals surface area contributed by atoms with E-state index in [1.807, 2.05) is 91.3 Å². The highest BCUT2D eigenvalue weighted by Gasteiger charge is 2.37. The number of hydrogen-bond donors (Lipinski definition) is 1. The van der Waals surface area contributed by atoms with E-state index >= 15 is 0 Å². The van der Waals surface area contributed by atoms with E-state index in [2.05, 4.69) is 4.99 Å². The van der Waals surface area contributed by atoms with Gasteiger partial charge in [0.2, 0.25) is 0 Å². The molecule has 0 amide bonds. The molecule has 0 bridgehead atoms. The summed E-state index contributed by atoms with van der Waals surface area (Å²) in [6.45, 7) is 2.60. The Morgan fingerprint density at radius 1 is 0.958 bits per heavy atom. The van der Waals surface area contributed by atoms with Crippen LogP contribution in [-0.4, -0.2) is 17.9 Å². The lowest BCUT2D eigenvalue weighted by molar-refractivity contribution is 0.0279. The van der Waals surface area contributed by atoms with Gasteiger partial charge in [-0.15, -0.1) is 11.3 Å². The number of aliphatic imine (C=N–C) groups is 1. The van der Waals surface area contributed by atoms with Crippen LogP contribution >= 0.6 is 11.3 Å². The quantitative estimate of drug-likeness (QED) is 0.648. The minimum absolute atomic E-state index is 0.0569. The van der Waals surface area contributed by atoms with Gasteiger partial charge in [-0.1, -0.05) is 73.7 Å². The monoisotopic (exact) mass is 335 g/mol. The number of hydrogen-bond acceptors (Lipinski definition) is 3. The fourth-order valence-corrected chi connectivity index (χ4v) is 3.52. The van der Waals surface area contributed by atoms with Crippen molar-refractivity contribution in [3.63, 3.8) is 0 Å². The van der Waals surface area contributed by atoms with E-state index in [1.54, 1.807) is 11.3 Å². The zero-order valence-electron chi connectivity index (χ0n) is 13.7. The summed E-state index contributed by atoms with van der Waals surface area (Å²) < 4.78 is 0. The van der Waals surface area contributed by atoms with Gasteiger partial charge in [0.15, 0.2) is 0 Å². The average Bonchev–Trinajstić information content (AvgIpc) is 3.16. The van der Waals surface area contributed by atoms with E-state index in [0.717, 1.165) is 16.0 Å². The second-order valence-electron chi connectivity index (χ2n) is 5.91. The SMILES string of the molecule is CC(CN=Cc1cccs1)C(O)(c1ccccc1)c1ccccc1. The van der Waals surface area contributed by atoms with Crippen molar-refractivity contribution in [2.45, 2.75) is 12.5 Å². The third-order valence-corrected chi connectivity index (χ3v) is 5.09. The Bertz CT molecular complexity index is 727. The maximum atomic E-state index is 11.6. The number of nitrogens with zero attached hydrogens (tertiary/aromatic N) is 1. The van der Waals surface area contributed by atoms with Crippen LogP contribution < -0.4 is 0 Å². The van der Waals surface area contributed by atoms with Crippen molar-refractivity contribution in [1.29, 1.82) is 0 Å². The van der Waals surface area contributed by atoms with Crippen molar-refractivity contribution in [3.8, 4) is 0 Å². The number of rotatable bonds is 6. The normalized spacial score (nSPS) is 13.2. The number of aliphatic hydroxyl groups is 1. The van der Waals surface area contributed by atoms with Gasteiger partial charge in [-0.2, -0.15) is 0 Å². The molecule has 3 aromatic rings. The Balaban J connectivity index is 1.90. The fourth-order valence-electron chi connectivity index (χ4n) is 2.92. The summed E-state index contributed by atoms with van der Waals surface area (Å²) in [6.07, 6.45) is 1.89. The molecule has 1 heterocycles. The molecular formula is C21H21NOS. The summed E-state index contributed by atoms with van der Waals surface area (Å²) in [6, 6.07) is 23.8. The van der Waals surface area contributed by atoms with Gasteiger partial charge in [-0.25, -0.2) is 0 Å². The van der Waals surface area contributed by atoms with Crippen LogP contribution in [0.5, 0.6) is 0 Å². The molecule has 0 saturated carbocycles. The summed E-state index contributed by atoms with van der Waals surface area (Å²) >= 11 is 1.66. The maximum Gasteiger partial charge on any atom is 0.119 e. The van der Waals surface area contributed by atoms with Crippen LogP contribution in [0, 0.1) is 5.92 Å². The lowest BCUT2D eigenvalue weighted by atomic mass is 9.77. The van der Waals surface area contributed by atoms with Crippen LogP contribution in [0.15, 0.2) is 83.2 Å². The first-order valence-electron chi connectivity index (χ1n) is 8.08. The smallest absolute Gasteiger partial charge is 0.119 e. The topological polar surface area (TPSA) is 32.6 Å². The second kappa shape index (κ2) is 7.56. The molecule has 0 fully saturated rings. The van der Waals surface area contributed by atoms with E-state index in [4.69, 9.17) is 0 Å². The van der Waals surface area contributed by atoms with Crippen molar-refractivity contribution < 1.29 is 5.11 Å². The Morgan fingerprint density at radius 2 is 1.54 bits per heavy atom. The molecule has 0 saturated heterocycles. The van der Waals surface area contributed by atoms with Crippen molar-refractivity contribution in [3.05, 3.63) is 94.2 Å². The molecule has 0 aliphatic heterocycles. The highest BCUT2D eigenvalue weighted by atomic mass is 32.1.